The molecule has 29 heavy (non-hydrogen) atoms. The van der Waals surface area contributed by atoms with Crippen LogP contribution in [0.2, 0.25) is 0 Å². The summed E-state index contributed by atoms with van der Waals surface area (Å²) in [5.74, 6) is -3.19. The Morgan fingerprint density at radius 3 is 1.62 bits per heavy atom. The Morgan fingerprint density at radius 1 is 0.690 bits per heavy atom. The van der Waals surface area contributed by atoms with Gasteiger partial charge in [0.05, 0.1) is 6.42 Å². The van der Waals surface area contributed by atoms with Gasteiger partial charge in [-0.3, -0.25) is 9.59 Å². The summed E-state index contributed by atoms with van der Waals surface area (Å²) in [6, 6.07) is 27.1. The van der Waals surface area contributed by atoms with Crippen molar-refractivity contribution < 1.29 is 19.5 Å². The number of anilines is 1. The SMILES string of the molecule is O=C(O)C(=O)CC(=O)c1ccc(N(Cc2ccccc2)Cc2ccccc2)cc1. The van der Waals surface area contributed by atoms with Crippen molar-refractivity contribution in [1.29, 1.82) is 0 Å². The molecule has 3 aromatic rings. The highest BCUT2D eigenvalue weighted by Crippen LogP contribution is 2.21. The molecule has 0 atom stereocenters. The van der Waals surface area contributed by atoms with Crippen molar-refractivity contribution in [3.05, 3.63) is 102 Å². The van der Waals surface area contributed by atoms with Crippen molar-refractivity contribution >= 4 is 23.2 Å². The van der Waals surface area contributed by atoms with Crippen LogP contribution in [-0.4, -0.2) is 22.6 Å². The maximum atomic E-state index is 12.1. The Hall–Kier alpha value is -3.73. The van der Waals surface area contributed by atoms with Crippen molar-refractivity contribution in [3.8, 4) is 0 Å². The van der Waals surface area contributed by atoms with E-state index in [4.69, 9.17) is 5.11 Å². The standard InChI is InChI=1S/C24H21NO4/c26-22(15-23(27)24(28)29)20-11-13-21(14-12-20)25(16-18-7-3-1-4-8-18)17-19-9-5-2-6-10-19/h1-14H,15-17H2,(H,28,29). The molecule has 0 spiro atoms. The topological polar surface area (TPSA) is 74.7 Å². The minimum Gasteiger partial charge on any atom is -0.475 e. The molecular weight excluding hydrogens is 366 g/mol. The van der Waals surface area contributed by atoms with Crippen LogP contribution in [0.3, 0.4) is 0 Å². The van der Waals surface area contributed by atoms with Crippen molar-refractivity contribution in [3.63, 3.8) is 0 Å². The molecule has 0 unspecified atom stereocenters. The number of carbonyl (C=O) groups is 3. The van der Waals surface area contributed by atoms with Gasteiger partial charge in [-0.25, -0.2) is 4.79 Å². The monoisotopic (exact) mass is 387 g/mol. The summed E-state index contributed by atoms with van der Waals surface area (Å²) in [6.45, 7) is 1.39. The molecule has 5 heteroatoms. The maximum absolute atomic E-state index is 12.1. The van der Waals surface area contributed by atoms with E-state index >= 15 is 0 Å². The number of nitrogens with zero attached hydrogens (tertiary/aromatic N) is 1. The smallest absolute Gasteiger partial charge is 0.372 e. The van der Waals surface area contributed by atoms with E-state index in [1.54, 1.807) is 12.1 Å². The molecule has 0 aliphatic heterocycles. The van der Waals surface area contributed by atoms with Gasteiger partial charge < -0.3 is 10.0 Å². The number of carbonyl (C=O) groups excluding carboxylic acids is 2. The summed E-state index contributed by atoms with van der Waals surface area (Å²) in [6.07, 6.45) is -0.633. The van der Waals surface area contributed by atoms with Gasteiger partial charge >= 0.3 is 5.97 Å². The first kappa shape index (κ1) is 20.0. The minimum absolute atomic E-state index is 0.322. The van der Waals surface area contributed by atoms with E-state index < -0.39 is 24.0 Å². The average molecular weight is 387 g/mol. The number of ketones is 2. The van der Waals surface area contributed by atoms with Crippen LogP contribution < -0.4 is 4.90 Å². The number of hydrogen-bond acceptors (Lipinski definition) is 4. The molecule has 0 amide bonds. The second kappa shape index (κ2) is 9.46. The molecule has 0 radical (unpaired) electrons. The van der Waals surface area contributed by atoms with Crippen LogP contribution in [0.1, 0.15) is 27.9 Å². The molecule has 3 aromatic carbocycles. The summed E-state index contributed by atoms with van der Waals surface area (Å²) in [5.41, 5.74) is 3.58. The molecule has 0 saturated heterocycles. The lowest BCUT2D eigenvalue weighted by atomic mass is 10.0. The van der Waals surface area contributed by atoms with E-state index in [-0.39, 0.29) is 0 Å². The quantitative estimate of drug-likeness (QED) is 0.340. The highest BCUT2D eigenvalue weighted by molar-refractivity contribution is 6.37. The first-order chi connectivity index (χ1) is 14.0. The van der Waals surface area contributed by atoms with Gasteiger partial charge in [0, 0.05) is 24.3 Å². The number of Topliss-reactive ketones (excluding diaryl/α,β-unsaturated/α-hetero) is 2. The third-order valence-electron chi connectivity index (χ3n) is 4.55. The minimum atomic E-state index is -1.59. The third kappa shape index (κ3) is 5.62. The van der Waals surface area contributed by atoms with Gasteiger partial charge in [0.1, 0.15) is 0 Å². The maximum Gasteiger partial charge on any atom is 0.372 e. The van der Waals surface area contributed by atoms with E-state index in [1.165, 1.54) is 0 Å². The fourth-order valence-electron chi connectivity index (χ4n) is 3.03. The largest absolute Gasteiger partial charge is 0.475 e. The summed E-state index contributed by atoms with van der Waals surface area (Å²) < 4.78 is 0. The Morgan fingerprint density at radius 2 is 1.17 bits per heavy atom. The molecular formula is C24H21NO4. The highest BCUT2D eigenvalue weighted by Gasteiger charge is 2.18. The van der Waals surface area contributed by atoms with E-state index in [1.807, 2.05) is 48.5 Å². The van der Waals surface area contributed by atoms with Crippen LogP contribution in [0.5, 0.6) is 0 Å². The first-order valence-electron chi connectivity index (χ1n) is 9.25. The van der Waals surface area contributed by atoms with Gasteiger partial charge in [0.15, 0.2) is 5.78 Å². The predicted octanol–water partition coefficient (Wildman–Crippen LogP) is 4.12. The Kier molecular flexibility index (Phi) is 6.53. The Balaban J connectivity index is 1.80. The molecule has 0 aromatic heterocycles. The van der Waals surface area contributed by atoms with Crippen LogP contribution >= 0.6 is 0 Å². The number of rotatable bonds is 9. The lowest BCUT2D eigenvalue weighted by Crippen LogP contribution is -2.22. The second-order valence-electron chi connectivity index (χ2n) is 6.70. The molecule has 5 nitrogen and oxygen atoms in total. The number of aliphatic carboxylic acids is 1. The van der Waals surface area contributed by atoms with Gasteiger partial charge in [-0.15, -0.1) is 0 Å². The van der Waals surface area contributed by atoms with Gasteiger partial charge in [-0.1, -0.05) is 60.7 Å². The van der Waals surface area contributed by atoms with E-state index in [2.05, 4.69) is 29.2 Å². The van der Waals surface area contributed by atoms with E-state index in [0.717, 1.165) is 16.8 Å². The van der Waals surface area contributed by atoms with Crippen LogP contribution in [0.15, 0.2) is 84.9 Å². The predicted molar refractivity (Wildman–Crippen MR) is 111 cm³/mol. The molecule has 0 fully saturated rings. The van der Waals surface area contributed by atoms with Gasteiger partial charge in [0.25, 0.3) is 0 Å². The zero-order valence-corrected chi connectivity index (χ0v) is 15.8. The summed E-state index contributed by atoms with van der Waals surface area (Å²) in [4.78, 5) is 36.2. The average Bonchev–Trinajstić information content (AvgIpc) is 2.75. The van der Waals surface area contributed by atoms with Crippen molar-refractivity contribution in [2.75, 3.05) is 4.90 Å². The molecule has 0 aliphatic rings. The molecule has 0 saturated carbocycles. The van der Waals surface area contributed by atoms with Gasteiger partial charge in [-0.05, 0) is 35.4 Å². The van der Waals surface area contributed by atoms with E-state index in [0.29, 0.717) is 18.7 Å². The van der Waals surface area contributed by atoms with Crippen LogP contribution in [0.25, 0.3) is 0 Å². The van der Waals surface area contributed by atoms with Crippen molar-refractivity contribution in [1.82, 2.24) is 0 Å². The lowest BCUT2D eigenvalue weighted by Gasteiger charge is -2.25. The van der Waals surface area contributed by atoms with Crippen LogP contribution in [0.4, 0.5) is 5.69 Å². The third-order valence-corrected chi connectivity index (χ3v) is 4.55. The lowest BCUT2D eigenvalue weighted by molar-refractivity contribution is -0.148. The van der Waals surface area contributed by atoms with Crippen molar-refractivity contribution in [2.45, 2.75) is 19.5 Å². The first-order valence-corrected chi connectivity index (χ1v) is 9.25. The van der Waals surface area contributed by atoms with Crippen LogP contribution in [0, 0.1) is 0 Å². The number of carboxylic acids is 1. The molecule has 0 heterocycles. The number of hydrogen-bond donors (Lipinski definition) is 1. The van der Waals surface area contributed by atoms with Gasteiger partial charge in [-0.2, -0.15) is 0 Å². The number of benzene rings is 3. The highest BCUT2D eigenvalue weighted by atomic mass is 16.4. The van der Waals surface area contributed by atoms with Crippen LogP contribution in [-0.2, 0) is 22.7 Å². The summed E-state index contributed by atoms with van der Waals surface area (Å²) >= 11 is 0. The van der Waals surface area contributed by atoms with Gasteiger partial charge in [0.2, 0.25) is 5.78 Å². The second-order valence-corrected chi connectivity index (χ2v) is 6.70. The molecule has 3 rings (SSSR count). The molecule has 0 aliphatic carbocycles. The summed E-state index contributed by atoms with van der Waals surface area (Å²) in [7, 11) is 0. The Bertz CT molecular complexity index is 941. The summed E-state index contributed by atoms with van der Waals surface area (Å²) in [5, 5.41) is 8.67. The van der Waals surface area contributed by atoms with Crippen molar-refractivity contribution in [2.24, 2.45) is 0 Å². The molecule has 0 bridgehead atoms. The van der Waals surface area contributed by atoms with E-state index in [9.17, 15) is 14.4 Å². The normalized spacial score (nSPS) is 10.3. The molecule has 146 valence electrons. The Labute approximate surface area is 169 Å². The zero-order valence-electron chi connectivity index (χ0n) is 15.8. The number of carboxylic acid groups (broad SMARTS) is 1. The fraction of sp³-hybridized carbons (Fsp3) is 0.125. The fourth-order valence-corrected chi connectivity index (χ4v) is 3.03. The molecule has 1 N–H and O–H groups in total. The zero-order chi connectivity index (χ0) is 20.6.